The van der Waals surface area contributed by atoms with Gasteiger partial charge >= 0.3 is 0 Å². The molecule has 1 aromatic heterocycles. The minimum atomic E-state index is -0.447. The first-order valence-electron chi connectivity index (χ1n) is 7.46. The number of nitrogens with zero attached hydrogens (tertiary/aromatic N) is 1. The molecule has 23 heavy (non-hydrogen) atoms. The molecule has 1 fully saturated rings. The van der Waals surface area contributed by atoms with Crippen molar-refractivity contribution >= 4 is 11.8 Å². The maximum Gasteiger partial charge on any atom is 0.242 e. The van der Waals surface area contributed by atoms with Crippen LogP contribution in [0.25, 0.3) is 0 Å². The lowest BCUT2D eigenvalue weighted by molar-refractivity contribution is -0.125. The number of para-hydroxylation sites is 1. The van der Waals surface area contributed by atoms with Crippen molar-refractivity contribution in [3.05, 3.63) is 54.2 Å². The lowest BCUT2D eigenvalue weighted by Crippen LogP contribution is -2.41. The van der Waals surface area contributed by atoms with Gasteiger partial charge in [0.2, 0.25) is 17.7 Å². The van der Waals surface area contributed by atoms with Crippen LogP contribution in [0.5, 0.6) is 11.6 Å². The molecule has 2 N–H and O–H groups in total. The van der Waals surface area contributed by atoms with Crippen LogP contribution in [0, 0.1) is 0 Å². The Bertz CT molecular complexity index is 703. The summed E-state index contributed by atoms with van der Waals surface area (Å²) < 4.78 is 5.75. The van der Waals surface area contributed by atoms with Gasteiger partial charge < -0.3 is 15.4 Å². The van der Waals surface area contributed by atoms with Crippen molar-refractivity contribution in [2.24, 2.45) is 0 Å². The second-order valence-electron chi connectivity index (χ2n) is 5.26. The number of amides is 2. The van der Waals surface area contributed by atoms with Gasteiger partial charge in [-0.3, -0.25) is 9.59 Å². The normalized spacial score (nSPS) is 16.7. The third kappa shape index (κ3) is 3.85. The summed E-state index contributed by atoms with van der Waals surface area (Å²) >= 11 is 0. The third-order valence-electron chi connectivity index (χ3n) is 3.57. The largest absolute Gasteiger partial charge is 0.439 e. The highest BCUT2D eigenvalue weighted by atomic mass is 16.5. The van der Waals surface area contributed by atoms with E-state index < -0.39 is 6.04 Å². The zero-order valence-corrected chi connectivity index (χ0v) is 12.5. The Hall–Kier alpha value is -2.89. The fourth-order valence-corrected chi connectivity index (χ4v) is 2.37. The van der Waals surface area contributed by atoms with Gasteiger partial charge in [-0.25, -0.2) is 4.98 Å². The van der Waals surface area contributed by atoms with E-state index in [4.69, 9.17) is 4.74 Å². The van der Waals surface area contributed by atoms with Gasteiger partial charge in [0, 0.05) is 24.7 Å². The van der Waals surface area contributed by atoms with Crippen LogP contribution in [0.4, 0.5) is 0 Å². The van der Waals surface area contributed by atoms with Gasteiger partial charge in [-0.2, -0.15) is 0 Å². The van der Waals surface area contributed by atoms with Crippen LogP contribution in [0.1, 0.15) is 18.4 Å². The van der Waals surface area contributed by atoms with E-state index >= 15 is 0 Å². The molecular weight excluding hydrogens is 294 g/mol. The predicted molar refractivity (Wildman–Crippen MR) is 83.8 cm³/mol. The molecule has 118 valence electrons. The highest BCUT2D eigenvalue weighted by Crippen LogP contribution is 2.22. The van der Waals surface area contributed by atoms with Crippen molar-refractivity contribution in [1.82, 2.24) is 15.6 Å². The average Bonchev–Trinajstić information content (AvgIpc) is 3.01. The monoisotopic (exact) mass is 311 g/mol. The van der Waals surface area contributed by atoms with Gasteiger partial charge in [-0.15, -0.1) is 0 Å². The summed E-state index contributed by atoms with van der Waals surface area (Å²) in [4.78, 5) is 27.4. The molecule has 3 rings (SSSR count). The van der Waals surface area contributed by atoms with E-state index in [9.17, 15) is 9.59 Å². The number of pyridine rings is 1. The molecule has 0 radical (unpaired) electrons. The van der Waals surface area contributed by atoms with Crippen LogP contribution in [0.2, 0.25) is 0 Å². The fraction of sp³-hybridized carbons (Fsp3) is 0.235. The number of ether oxygens (including phenoxy) is 1. The lowest BCUT2D eigenvalue weighted by Gasteiger charge is -2.13. The van der Waals surface area contributed by atoms with E-state index in [1.54, 1.807) is 12.3 Å². The number of benzene rings is 1. The molecule has 2 aromatic rings. The van der Waals surface area contributed by atoms with Crippen LogP contribution in [-0.4, -0.2) is 22.8 Å². The first kappa shape index (κ1) is 15.0. The Kier molecular flexibility index (Phi) is 4.52. The number of hydrogen-bond acceptors (Lipinski definition) is 4. The number of nitrogens with one attached hydrogen (secondary N) is 2. The first-order valence-corrected chi connectivity index (χ1v) is 7.46. The molecule has 1 aliphatic rings. The van der Waals surface area contributed by atoms with E-state index in [0.717, 1.165) is 5.56 Å². The Balaban J connectivity index is 1.64. The van der Waals surface area contributed by atoms with Crippen LogP contribution in [0.15, 0.2) is 48.7 Å². The van der Waals surface area contributed by atoms with Crippen LogP contribution < -0.4 is 15.4 Å². The lowest BCUT2D eigenvalue weighted by atomic mass is 10.2. The highest BCUT2D eigenvalue weighted by Gasteiger charge is 2.26. The number of rotatable bonds is 5. The van der Waals surface area contributed by atoms with Crippen molar-refractivity contribution in [3.8, 4) is 11.6 Å². The summed E-state index contributed by atoms with van der Waals surface area (Å²) in [5, 5.41) is 5.46. The fourth-order valence-electron chi connectivity index (χ4n) is 2.37. The van der Waals surface area contributed by atoms with Gasteiger partial charge in [0.15, 0.2) is 0 Å². The van der Waals surface area contributed by atoms with Crippen molar-refractivity contribution in [1.29, 1.82) is 0 Å². The van der Waals surface area contributed by atoms with Crippen LogP contribution >= 0.6 is 0 Å². The molecule has 1 aromatic carbocycles. The van der Waals surface area contributed by atoms with E-state index in [2.05, 4.69) is 15.6 Å². The summed E-state index contributed by atoms with van der Waals surface area (Å²) in [5.41, 5.74) is 0.772. The first-order chi connectivity index (χ1) is 11.2. The van der Waals surface area contributed by atoms with Crippen molar-refractivity contribution < 1.29 is 14.3 Å². The van der Waals surface area contributed by atoms with E-state index in [1.807, 2.05) is 36.4 Å². The molecule has 1 saturated heterocycles. The zero-order chi connectivity index (χ0) is 16.1. The minimum Gasteiger partial charge on any atom is -0.439 e. The number of carbonyl (C=O) groups is 2. The molecule has 2 amide bonds. The summed E-state index contributed by atoms with van der Waals surface area (Å²) in [7, 11) is 0. The molecule has 1 atom stereocenters. The van der Waals surface area contributed by atoms with Crippen molar-refractivity contribution in [2.45, 2.75) is 25.4 Å². The molecule has 1 aliphatic heterocycles. The minimum absolute atomic E-state index is 0.0837. The Morgan fingerprint density at radius 2 is 2.09 bits per heavy atom. The molecule has 6 nitrogen and oxygen atoms in total. The van der Waals surface area contributed by atoms with Gasteiger partial charge in [0.1, 0.15) is 11.8 Å². The van der Waals surface area contributed by atoms with Gasteiger partial charge in [0.05, 0.1) is 0 Å². The van der Waals surface area contributed by atoms with Crippen molar-refractivity contribution in [3.63, 3.8) is 0 Å². The SMILES string of the molecule is O=C1CC[C@@H](C(=O)NCc2cccnc2Oc2ccccc2)N1. The predicted octanol–water partition coefficient (Wildman–Crippen LogP) is 1.77. The van der Waals surface area contributed by atoms with E-state index in [1.165, 1.54) is 0 Å². The standard InChI is InChI=1S/C17H17N3O3/c21-15-9-8-14(20-15)16(22)19-11-12-5-4-10-18-17(12)23-13-6-2-1-3-7-13/h1-7,10,14H,8-9,11H2,(H,19,22)(H,20,21)/t14-/m0/s1. The summed E-state index contributed by atoms with van der Waals surface area (Å²) in [6, 6.07) is 12.5. The maximum atomic E-state index is 12.0. The number of carbonyl (C=O) groups excluding carboxylic acids is 2. The Morgan fingerprint density at radius 3 is 2.83 bits per heavy atom. The Labute approximate surface area is 133 Å². The average molecular weight is 311 g/mol. The highest BCUT2D eigenvalue weighted by molar-refractivity contribution is 5.90. The molecule has 0 aliphatic carbocycles. The summed E-state index contributed by atoms with van der Waals surface area (Å²) in [5.74, 6) is 0.862. The quantitative estimate of drug-likeness (QED) is 0.882. The van der Waals surface area contributed by atoms with Crippen LogP contribution in [-0.2, 0) is 16.1 Å². The molecule has 0 spiro atoms. The number of aromatic nitrogens is 1. The van der Waals surface area contributed by atoms with Crippen molar-refractivity contribution in [2.75, 3.05) is 0 Å². The maximum absolute atomic E-state index is 12.0. The third-order valence-corrected chi connectivity index (χ3v) is 3.57. The molecule has 0 bridgehead atoms. The molecule has 0 saturated carbocycles. The van der Waals surface area contributed by atoms with Gasteiger partial charge in [0.25, 0.3) is 0 Å². The molecular formula is C17H17N3O3. The topological polar surface area (TPSA) is 80.3 Å². The van der Waals surface area contributed by atoms with Crippen LogP contribution in [0.3, 0.4) is 0 Å². The smallest absolute Gasteiger partial charge is 0.242 e. The van der Waals surface area contributed by atoms with E-state index in [0.29, 0.717) is 31.0 Å². The number of hydrogen-bond donors (Lipinski definition) is 2. The summed E-state index contributed by atoms with van der Waals surface area (Å²) in [6.45, 7) is 0.293. The molecule has 0 unspecified atom stereocenters. The second-order valence-corrected chi connectivity index (χ2v) is 5.26. The molecule has 2 heterocycles. The van der Waals surface area contributed by atoms with Gasteiger partial charge in [-0.05, 0) is 24.6 Å². The second kappa shape index (κ2) is 6.91. The van der Waals surface area contributed by atoms with Gasteiger partial charge in [-0.1, -0.05) is 24.3 Å². The summed E-state index contributed by atoms with van der Waals surface area (Å²) in [6.07, 6.45) is 2.57. The molecule has 6 heteroatoms. The Morgan fingerprint density at radius 1 is 1.26 bits per heavy atom. The van der Waals surface area contributed by atoms with E-state index in [-0.39, 0.29) is 11.8 Å². The zero-order valence-electron chi connectivity index (χ0n) is 12.5.